The van der Waals surface area contributed by atoms with Crippen LogP contribution < -0.4 is 9.64 Å². The maximum atomic E-state index is 13.1. The van der Waals surface area contributed by atoms with Gasteiger partial charge in [-0.15, -0.1) is 0 Å². The standard InChI is InChI=1S/C30H32FN5O4S/c1-20(2)28-34-29(40-35-28)36-13-11-30(12-14-36)10-9-23-15-22(4-8-27(23)39-30)26-7-3-21(16-33-26)18-41(37,38)19-25-6-5-24(31)17-32-25/h3-8,15-17,20H,9-14,18-19H2,1-2H3. The van der Waals surface area contributed by atoms with Crippen LogP contribution in [-0.4, -0.2) is 47.2 Å². The van der Waals surface area contributed by atoms with Crippen molar-refractivity contribution in [2.75, 3.05) is 18.0 Å². The molecule has 0 atom stereocenters. The molecule has 2 aliphatic rings. The van der Waals surface area contributed by atoms with Crippen LogP contribution in [0.2, 0.25) is 0 Å². The maximum absolute atomic E-state index is 13.1. The first-order valence-corrected chi connectivity index (χ1v) is 15.7. The third-order valence-electron chi connectivity index (χ3n) is 7.79. The van der Waals surface area contributed by atoms with Gasteiger partial charge in [0.1, 0.15) is 17.2 Å². The highest BCUT2D eigenvalue weighted by Gasteiger charge is 2.40. The highest BCUT2D eigenvalue weighted by Crippen LogP contribution is 2.41. The number of nitrogens with zero attached hydrogens (tertiary/aromatic N) is 5. The molecule has 0 amide bonds. The van der Waals surface area contributed by atoms with Crippen LogP contribution in [0.4, 0.5) is 10.4 Å². The smallest absolute Gasteiger partial charge is 0.324 e. The summed E-state index contributed by atoms with van der Waals surface area (Å²) >= 11 is 0. The van der Waals surface area contributed by atoms with Gasteiger partial charge >= 0.3 is 6.01 Å². The number of sulfone groups is 1. The summed E-state index contributed by atoms with van der Waals surface area (Å²) < 4.78 is 50.4. The van der Waals surface area contributed by atoms with Gasteiger partial charge in [0.05, 0.1) is 29.1 Å². The number of aromatic nitrogens is 4. The van der Waals surface area contributed by atoms with Crippen molar-refractivity contribution in [1.82, 2.24) is 20.1 Å². The molecule has 0 radical (unpaired) electrons. The molecule has 0 aliphatic carbocycles. The fourth-order valence-electron chi connectivity index (χ4n) is 5.43. The molecule has 11 heteroatoms. The van der Waals surface area contributed by atoms with Gasteiger partial charge in [-0.25, -0.2) is 12.8 Å². The largest absolute Gasteiger partial charge is 0.487 e. The maximum Gasteiger partial charge on any atom is 0.324 e. The molecule has 41 heavy (non-hydrogen) atoms. The zero-order valence-corrected chi connectivity index (χ0v) is 23.9. The van der Waals surface area contributed by atoms with Crippen LogP contribution in [0, 0.1) is 5.82 Å². The van der Waals surface area contributed by atoms with Crippen LogP contribution in [-0.2, 0) is 27.8 Å². The molecule has 5 heterocycles. The molecule has 3 aromatic heterocycles. The minimum absolute atomic E-state index is 0.164. The Balaban J connectivity index is 1.08. The zero-order valence-electron chi connectivity index (χ0n) is 23.1. The normalized spacial score (nSPS) is 16.5. The van der Waals surface area contributed by atoms with E-state index in [0.29, 0.717) is 17.3 Å². The summed E-state index contributed by atoms with van der Waals surface area (Å²) in [5, 5.41) is 4.09. The SMILES string of the molecule is CC(C)c1noc(N2CCC3(CCc4cc(-c5ccc(CS(=O)(=O)Cc6ccc(F)cn6)cn5)ccc4O3)CC2)n1. The highest BCUT2D eigenvalue weighted by molar-refractivity contribution is 7.89. The molecule has 1 saturated heterocycles. The van der Waals surface area contributed by atoms with E-state index in [9.17, 15) is 12.8 Å². The number of benzene rings is 1. The third kappa shape index (κ3) is 6.09. The number of ether oxygens (including phenoxy) is 1. The lowest BCUT2D eigenvalue weighted by atomic mass is 9.83. The number of hydrogen-bond acceptors (Lipinski definition) is 9. The second kappa shape index (κ2) is 10.8. The molecular formula is C30H32FN5O4S. The monoisotopic (exact) mass is 577 g/mol. The van der Waals surface area contributed by atoms with Gasteiger partial charge in [-0.2, -0.15) is 4.98 Å². The Morgan fingerprint density at radius 1 is 1.00 bits per heavy atom. The minimum atomic E-state index is -3.48. The van der Waals surface area contributed by atoms with E-state index in [-0.39, 0.29) is 23.0 Å². The minimum Gasteiger partial charge on any atom is -0.487 e. The Kier molecular flexibility index (Phi) is 7.23. The van der Waals surface area contributed by atoms with Crippen LogP contribution >= 0.6 is 0 Å². The Labute approximate surface area is 238 Å². The van der Waals surface area contributed by atoms with Crippen LogP contribution in [0.1, 0.15) is 61.7 Å². The summed E-state index contributed by atoms with van der Waals surface area (Å²) in [4.78, 5) is 15.1. The topological polar surface area (TPSA) is 111 Å². The average molecular weight is 578 g/mol. The van der Waals surface area contributed by atoms with E-state index in [4.69, 9.17) is 9.26 Å². The van der Waals surface area contributed by atoms with E-state index in [1.165, 1.54) is 12.1 Å². The first-order chi connectivity index (χ1) is 19.7. The van der Waals surface area contributed by atoms with Gasteiger partial charge in [0, 0.05) is 43.6 Å². The molecule has 2 aliphatic heterocycles. The van der Waals surface area contributed by atoms with Crippen molar-refractivity contribution in [3.63, 3.8) is 0 Å². The van der Waals surface area contributed by atoms with Gasteiger partial charge < -0.3 is 14.2 Å². The summed E-state index contributed by atoms with van der Waals surface area (Å²) in [6.45, 7) is 5.71. The predicted octanol–water partition coefficient (Wildman–Crippen LogP) is 5.27. The summed E-state index contributed by atoms with van der Waals surface area (Å²) in [6, 6.07) is 12.9. The number of halogens is 1. The van der Waals surface area contributed by atoms with Gasteiger partial charge in [0.2, 0.25) is 0 Å². The summed E-state index contributed by atoms with van der Waals surface area (Å²) in [7, 11) is -3.48. The summed E-state index contributed by atoms with van der Waals surface area (Å²) in [6.07, 6.45) is 6.23. The Morgan fingerprint density at radius 2 is 1.83 bits per heavy atom. The molecular weight excluding hydrogens is 545 g/mol. The predicted molar refractivity (Wildman–Crippen MR) is 152 cm³/mol. The van der Waals surface area contributed by atoms with Crippen molar-refractivity contribution in [3.8, 4) is 17.0 Å². The second-order valence-electron chi connectivity index (χ2n) is 11.2. The van der Waals surface area contributed by atoms with Crippen molar-refractivity contribution in [2.24, 2.45) is 0 Å². The van der Waals surface area contributed by atoms with Gasteiger partial charge in [0.25, 0.3) is 0 Å². The van der Waals surface area contributed by atoms with E-state index < -0.39 is 15.7 Å². The Bertz CT molecular complexity index is 1630. The molecule has 214 valence electrons. The molecule has 1 fully saturated rings. The fourth-order valence-corrected chi connectivity index (χ4v) is 6.83. The van der Waals surface area contributed by atoms with Gasteiger partial charge in [-0.3, -0.25) is 9.97 Å². The first kappa shape index (κ1) is 27.3. The molecule has 1 spiro atoms. The van der Waals surface area contributed by atoms with Crippen molar-refractivity contribution in [3.05, 3.63) is 83.3 Å². The zero-order chi connectivity index (χ0) is 28.6. The number of fused-ring (bicyclic) bond motifs is 1. The molecule has 1 aromatic carbocycles. The summed E-state index contributed by atoms with van der Waals surface area (Å²) in [5.74, 6) is 0.949. The molecule has 0 N–H and O–H groups in total. The van der Waals surface area contributed by atoms with E-state index in [2.05, 4.69) is 31.1 Å². The van der Waals surface area contributed by atoms with Crippen LogP contribution in [0.15, 0.2) is 59.4 Å². The van der Waals surface area contributed by atoms with Crippen LogP contribution in [0.3, 0.4) is 0 Å². The van der Waals surface area contributed by atoms with E-state index in [0.717, 1.165) is 73.4 Å². The number of piperidine rings is 1. The number of rotatable bonds is 7. The van der Waals surface area contributed by atoms with Crippen molar-refractivity contribution < 1.29 is 22.1 Å². The lowest BCUT2D eigenvalue weighted by molar-refractivity contribution is 0.0217. The molecule has 4 aromatic rings. The quantitative estimate of drug-likeness (QED) is 0.290. The molecule has 0 unspecified atom stereocenters. The number of hydrogen-bond donors (Lipinski definition) is 0. The van der Waals surface area contributed by atoms with E-state index in [1.807, 2.05) is 32.0 Å². The lowest BCUT2D eigenvalue weighted by Gasteiger charge is -2.44. The highest BCUT2D eigenvalue weighted by atomic mass is 32.2. The number of pyridine rings is 2. The van der Waals surface area contributed by atoms with Crippen LogP contribution in [0.25, 0.3) is 11.3 Å². The van der Waals surface area contributed by atoms with Gasteiger partial charge in [0.15, 0.2) is 15.7 Å². The molecule has 9 nitrogen and oxygen atoms in total. The van der Waals surface area contributed by atoms with Gasteiger partial charge in [-0.1, -0.05) is 25.1 Å². The number of anilines is 1. The molecule has 0 saturated carbocycles. The third-order valence-corrected chi connectivity index (χ3v) is 9.30. The Hall–Kier alpha value is -3.86. The average Bonchev–Trinajstić information content (AvgIpc) is 3.46. The lowest BCUT2D eigenvalue weighted by Crippen LogP contribution is -2.50. The van der Waals surface area contributed by atoms with Crippen LogP contribution in [0.5, 0.6) is 5.75 Å². The van der Waals surface area contributed by atoms with Crippen molar-refractivity contribution in [2.45, 2.75) is 62.6 Å². The second-order valence-corrected chi connectivity index (χ2v) is 13.3. The molecule has 0 bridgehead atoms. The Morgan fingerprint density at radius 3 is 2.51 bits per heavy atom. The fraction of sp³-hybridized carbons (Fsp3) is 0.400. The molecule has 6 rings (SSSR count). The van der Waals surface area contributed by atoms with E-state index >= 15 is 0 Å². The number of aryl methyl sites for hydroxylation is 1. The van der Waals surface area contributed by atoms with Crippen molar-refractivity contribution in [1.29, 1.82) is 0 Å². The first-order valence-electron chi connectivity index (χ1n) is 13.8. The summed E-state index contributed by atoms with van der Waals surface area (Å²) in [5.41, 5.74) is 3.58. The van der Waals surface area contributed by atoms with Crippen molar-refractivity contribution >= 4 is 15.9 Å². The van der Waals surface area contributed by atoms with Gasteiger partial charge in [-0.05, 0) is 60.4 Å². The van der Waals surface area contributed by atoms with E-state index in [1.54, 1.807) is 12.3 Å².